The Bertz CT molecular complexity index is 1180. The van der Waals surface area contributed by atoms with Crippen LogP contribution in [0.15, 0.2) is 72.8 Å². The van der Waals surface area contributed by atoms with E-state index in [0.29, 0.717) is 33.8 Å². The molecule has 3 aromatic rings. The maximum absolute atomic E-state index is 13.7. The molecular formula is C29H31Cl3N2O2S. The van der Waals surface area contributed by atoms with Gasteiger partial charge in [0.1, 0.15) is 6.04 Å². The molecule has 1 unspecified atom stereocenters. The Labute approximate surface area is 238 Å². The topological polar surface area (TPSA) is 49.4 Å². The van der Waals surface area contributed by atoms with Crippen LogP contribution < -0.4 is 5.32 Å². The van der Waals surface area contributed by atoms with Gasteiger partial charge in [0.25, 0.3) is 0 Å². The summed E-state index contributed by atoms with van der Waals surface area (Å²) in [5, 5.41) is 4.73. The van der Waals surface area contributed by atoms with Crippen molar-refractivity contribution >= 4 is 58.4 Å². The fourth-order valence-corrected chi connectivity index (χ4v) is 5.50. The quantitative estimate of drug-likeness (QED) is 0.215. The van der Waals surface area contributed by atoms with E-state index in [0.717, 1.165) is 29.5 Å². The van der Waals surface area contributed by atoms with Gasteiger partial charge in [-0.2, -0.15) is 0 Å². The second-order valence-electron chi connectivity index (χ2n) is 8.69. The molecule has 3 rings (SSSR count). The van der Waals surface area contributed by atoms with Gasteiger partial charge in [0.05, 0.1) is 5.75 Å². The van der Waals surface area contributed by atoms with Crippen LogP contribution in [-0.2, 0) is 28.3 Å². The van der Waals surface area contributed by atoms with Gasteiger partial charge in [-0.15, -0.1) is 11.8 Å². The van der Waals surface area contributed by atoms with Gasteiger partial charge in [-0.1, -0.05) is 103 Å². The number of nitrogens with one attached hydrogen (secondary N) is 1. The molecule has 0 aliphatic heterocycles. The fourth-order valence-electron chi connectivity index (χ4n) is 3.84. The maximum Gasteiger partial charge on any atom is 0.243 e. The van der Waals surface area contributed by atoms with Crippen LogP contribution in [0.4, 0.5) is 0 Å². The van der Waals surface area contributed by atoms with Crippen molar-refractivity contribution in [2.24, 2.45) is 0 Å². The van der Waals surface area contributed by atoms with Crippen LogP contribution in [0.1, 0.15) is 36.5 Å². The molecule has 8 heteroatoms. The fraction of sp³-hybridized carbons (Fsp3) is 0.310. The molecule has 3 aromatic carbocycles. The van der Waals surface area contributed by atoms with E-state index in [2.05, 4.69) is 12.2 Å². The van der Waals surface area contributed by atoms with Gasteiger partial charge < -0.3 is 10.2 Å². The molecule has 1 atom stereocenters. The summed E-state index contributed by atoms with van der Waals surface area (Å²) in [5.74, 6) is 0.440. The third-order valence-electron chi connectivity index (χ3n) is 5.90. The van der Waals surface area contributed by atoms with E-state index >= 15 is 0 Å². The molecule has 0 saturated heterocycles. The van der Waals surface area contributed by atoms with Crippen LogP contribution >= 0.6 is 46.6 Å². The minimum Gasteiger partial charge on any atom is -0.354 e. The van der Waals surface area contributed by atoms with Crippen LogP contribution in [0.25, 0.3) is 0 Å². The predicted octanol–water partition coefficient (Wildman–Crippen LogP) is 7.44. The number of benzene rings is 3. The zero-order valence-electron chi connectivity index (χ0n) is 20.8. The summed E-state index contributed by atoms with van der Waals surface area (Å²) >= 11 is 20.2. The number of hydrogen-bond acceptors (Lipinski definition) is 3. The number of unbranched alkanes of at least 4 members (excludes halogenated alkanes) is 1. The molecule has 2 amide bonds. The standard InChI is InChI=1S/C29H31Cl3N2O2S/c1-2-3-15-33-29(36)27(16-21-9-5-4-6-10-21)34(18-22-11-7-8-12-25(22)31)28(35)20-37-19-23-13-14-24(30)17-26(23)32/h4-14,17,27H,2-3,15-16,18-20H2,1H3,(H,33,36). The van der Waals surface area contributed by atoms with Crippen LogP contribution in [0.5, 0.6) is 0 Å². The number of carbonyl (C=O) groups is 2. The second kappa shape index (κ2) is 15.3. The molecule has 0 aliphatic carbocycles. The highest BCUT2D eigenvalue weighted by atomic mass is 35.5. The highest BCUT2D eigenvalue weighted by Gasteiger charge is 2.30. The Hall–Kier alpha value is -2.18. The van der Waals surface area contributed by atoms with Crippen molar-refractivity contribution in [2.45, 2.75) is 44.5 Å². The summed E-state index contributed by atoms with van der Waals surface area (Å²) in [7, 11) is 0. The van der Waals surface area contributed by atoms with Gasteiger partial charge in [0.15, 0.2) is 0 Å². The summed E-state index contributed by atoms with van der Waals surface area (Å²) in [5.41, 5.74) is 2.68. The van der Waals surface area contributed by atoms with Crippen LogP contribution in [0.2, 0.25) is 15.1 Å². The molecule has 0 aliphatic rings. The number of nitrogens with zero attached hydrogens (tertiary/aromatic N) is 1. The van der Waals surface area contributed by atoms with Gasteiger partial charge >= 0.3 is 0 Å². The highest BCUT2D eigenvalue weighted by molar-refractivity contribution is 7.99. The summed E-state index contributed by atoms with van der Waals surface area (Å²) in [6, 6.07) is 21.8. The van der Waals surface area contributed by atoms with E-state index in [-0.39, 0.29) is 24.1 Å². The molecule has 0 radical (unpaired) electrons. The lowest BCUT2D eigenvalue weighted by Gasteiger charge is -2.32. The van der Waals surface area contributed by atoms with Gasteiger partial charge in [-0.05, 0) is 41.3 Å². The Kier molecular flexibility index (Phi) is 12.1. The Morgan fingerprint density at radius 1 is 0.919 bits per heavy atom. The normalized spacial score (nSPS) is 11.7. The van der Waals surface area contributed by atoms with Crippen molar-refractivity contribution in [3.63, 3.8) is 0 Å². The first kappa shape index (κ1) is 29.4. The van der Waals surface area contributed by atoms with Gasteiger partial charge in [-0.3, -0.25) is 9.59 Å². The lowest BCUT2D eigenvalue weighted by Crippen LogP contribution is -2.51. The Morgan fingerprint density at radius 2 is 1.65 bits per heavy atom. The SMILES string of the molecule is CCCCNC(=O)C(Cc1ccccc1)N(Cc1ccccc1Cl)C(=O)CSCc1ccc(Cl)cc1Cl. The number of thioether (sulfide) groups is 1. The van der Waals surface area contributed by atoms with E-state index in [9.17, 15) is 9.59 Å². The van der Waals surface area contributed by atoms with E-state index < -0.39 is 6.04 Å². The second-order valence-corrected chi connectivity index (χ2v) is 10.9. The van der Waals surface area contributed by atoms with Crippen LogP contribution in [-0.4, -0.2) is 35.1 Å². The van der Waals surface area contributed by atoms with Crippen molar-refractivity contribution in [1.29, 1.82) is 0 Å². The zero-order chi connectivity index (χ0) is 26.6. The summed E-state index contributed by atoms with van der Waals surface area (Å²) < 4.78 is 0. The molecule has 0 aromatic heterocycles. The lowest BCUT2D eigenvalue weighted by molar-refractivity contribution is -0.139. The van der Waals surface area contributed by atoms with Gasteiger partial charge in [-0.25, -0.2) is 0 Å². The average molecular weight is 578 g/mol. The molecule has 0 bridgehead atoms. The number of rotatable bonds is 13. The number of carbonyl (C=O) groups excluding carboxylic acids is 2. The molecule has 0 fully saturated rings. The first-order chi connectivity index (χ1) is 17.9. The molecule has 196 valence electrons. The highest BCUT2D eigenvalue weighted by Crippen LogP contribution is 2.26. The summed E-state index contributed by atoms with van der Waals surface area (Å²) in [6.45, 7) is 2.88. The summed E-state index contributed by atoms with van der Waals surface area (Å²) in [6.07, 6.45) is 2.25. The maximum atomic E-state index is 13.7. The summed E-state index contributed by atoms with van der Waals surface area (Å²) in [4.78, 5) is 28.8. The first-order valence-electron chi connectivity index (χ1n) is 12.2. The van der Waals surface area contributed by atoms with Crippen molar-refractivity contribution in [1.82, 2.24) is 10.2 Å². The van der Waals surface area contributed by atoms with E-state index in [1.807, 2.05) is 54.6 Å². The van der Waals surface area contributed by atoms with E-state index in [1.165, 1.54) is 11.8 Å². The molecule has 37 heavy (non-hydrogen) atoms. The minimum absolute atomic E-state index is 0.137. The molecule has 4 nitrogen and oxygen atoms in total. The van der Waals surface area contributed by atoms with Crippen LogP contribution in [0.3, 0.4) is 0 Å². The molecule has 0 saturated carbocycles. The zero-order valence-corrected chi connectivity index (χ0v) is 23.8. The van der Waals surface area contributed by atoms with Crippen molar-refractivity contribution in [2.75, 3.05) is 12.3 Å². The van der Waals surface area contributed by atoms with E-state index in [1.54, 1.807) is 23.1 Å². The molecular weight excluding hydrogens is 547 g/mol. The molecule has 0 spiro atoms. The third-order valence-corrected chi connectivity index (χ3v) is 7.82. The minimum atomic E-state index is -0.678. The molecule has 0 heterocycles. The van der Waals surface area contributed by atoms with Crippen LogP contribution in [0, 0.1) is 0 Å². The Balaban J connectivity index is 1.84. The lowest BCUT2D eigenvalue weighted by atomic mass is 10.0. The Morgan fingerprint density at radius 3 is 2.35 bits per heavy atom. The smallest absolute Gasteiger partial charge is 0.243 e. The monoisotopic (exact) mass is 576 g/mol. The predicted molar refractivity (Wildman–Crippen MR) is 156 cm³/mol. The first-order valence-corrected chi connectivity index (χ1v) is 14.5. The number of halogens is 3. The van der Waals surface area contributed by atoms with Crippen molar-refractivity contribution in [3.05, 3.63) is 105 Å². The largest absolute Gasteiger partial charge is 0.354 e. The van der Waals surface area contributed by atoms with E-state index in [4.69, 9.17) is 34.8 Å². The van der Waals surface area contributed by atoms with Crippen molar-refractivity contribution in [3.8, 4) is 0 Å². The number of amides is 2. The third kappa shape index (κ3) is 9.26. The van der Waals surface area contributed by atoms with Gasteiger partial charge in [0, 0.05) is 40.3 Å². The van der Waals surface area contributed by atoms with Gasteiger partial charge in [0.2, 0.25) is 11.8 Å². The average Bonchev–Trinajstić information content (AvgIpc) is 2.89. The number of hydrogen-bond donors (Lipinski definition) is 1. The van der Waals surface area contributed by atoms with Crippen molar-refractivity contribution < 1.29 is 9.59 Å². The molecule has 1 N–H and O–H groups in total.